The van der Waals surface area contributed by atoms with E-state index in [0.717, 1.165) is 22.9 Å². The molecular weight excluding hydrogens is 494 g/mol. The fraction of sp³-hybridized carbons (Fsp3) is 0.640. The monoisotopic (exact) mass is 529 g/mol. The zero-order valence-corrected chi connectivity index (χ0v) is 23.1. The predicted molar refractivity (Wildman–Crippen MR) is 140 cm³/mol. The number of hydrogen-bond donors (Lipinski definition) is 0. The number of rotatable bonds is 5. The van der Waals surface area contributed by atoms with Gasteiger partial charge in [0.15, 0.2) is 15.7 Å². The average Bonchev–Trinajstić information content (AvgIpc) is 3.15. The van der Waals surface area contributed by atoms with Crippen LogP contribution in [0.5, 0.6) is 0 Å². The highest BCUT2D eigenvalue weighted by molar-refractivity contribution is 7.95. The number of aromatic nitrogens is 4. The van der Waals surface area contributed by atoms with E-state index in [1.54, 1.807) is 25.3 Å². The number of amides is 1. The Kier molecular flexibility index (Phi) is 6.18. The van der Waals surface area contributed by atoms with Gasteiger partial charge in [-0.1, -0.05) is 13.8 Å². The number of anilines is 3. The molecule has 0 spiro atoms. The lowest BCUT2D eigenvalue weighted by molar-refractivity contribution is -0.137. The van der Waals surface area contributed by atoms with Crippen molar-refractivity contribution in [1.29, 1.82) is 0 Å². The molecule has 5 heterocycles. The molecule has 2 fully saturated rings. The van der Waals surface area contributed by atoms with Gasteiger partial charge in [0.2, 0.25) is 5.91 Å². The highest BCUT2D eigenvalue weighted by atomic mass is 32.2. The SMILES string of the molecule is COCc1ccc(N2CC(C)(C)c3c2ncnc3N2C[C@@H](C)N(C(=O)[C@@]3(C)CCS3(=O)=O)C[C@@H]2C)nn1. The van der Waals surface area contributed by atoms with Crippen molar-refractivity contribution >= 4 is 33.2 Å². The van der Waals surface area contributed by atoms with Crippen LogP contribution in [0.4, 0.5) is 17.5 Å². The lowest BCUT2D eigenvalue weighted by Gasteiger charge is -2.49. The molecule has 0 bridgehead atoms. The van der Waals surface area contributed by atoms with Crippen molar-refractivity contribution < 1.29 is 17.9 Å². The van der Waals surface area contributed by atoms with Gasteiger partial charge in [-0.3, -0.25) is 4.79 Å². The van der Waals surface area contributed by atoms with Crippen molar-refractivity contribution in [3.8, 4) is 0 Å². The van der Waals surface area contributed by atoms with E-state index >= 15 is 0 Å². The first-order chi connectivity index (χ1) is 17.4. The fourth-order valence-electron chi connectivity index (χ4n) is 5.68. The molecule has 3 atom stereocenters. The van der Waals surface area contributed by atoms with Gasteiger partial charge < -0.3 is 19.4 Å². The number of fused-ring (bicyclic) bond motifs is 1. The van der Waals surface area contributed by atoms with Gasteiger partial charge in [-0.2, -0.15) is 5.10 Å². The van der Waals surface area contributed by atoms with Gasteiger partial charge in [0.25, 0.3) is 0 Å². The van der Waals surface area contributed by atoms with Crippen LogP contribution in [0.2, 0.25) is 0 Å². The highest BCUT2D eigenvalue weighted by Crippen LogP contribution is 2.47. The Morgan fingerprint density at radius 3 is 2.41 bits per heavy atom. The third-order valence-electron chi connectivity index (χ3n) is 8.07. The molecule has 2 aromatic rings. The normalized spacial score (nSPS) is 28.1. The van der Waals surface area contributed by atoms with Gasteiger partial charge in [0, 0.05) is 49.8 Å². The van der Waals surface area contributed by atoms with Crippen molar-refractivity contribution in [2.24, 2.45) is 0 Å². The predicted octanol–water partition coefficient (Wildman–Crippen LogP) is 1.85. The molecule has 3 aliphatic rings. The third kappa shape index (κ3) is 4.04. The van der Waals surface area contributed by atoms with Crippen LogP contribution in [0.25, 0.3) is 0 Å². The standard InChI is InChI=1S/C25H35N7O4S/c1-16-12-31(23(33)25(5)9-10-37(25,34)35)17(2)11-30(16)21-20-22(27-15-26-21)32(14-24(20,3)4)19-8-7-18(13-36-6)28-29-19/h7-8,15-17H,9-14H2,1-6H3/t16-,17+,25+/m0/s1. The quantitative estimate of drug-likeness (QED) is 0.567. The summed E-state index contributed by atoms with van der Waals surface area (Å²) in [6.07, 6.45) is 1.96. The largest absolute Gasteiger partial charge is 0.378 e. The molecular formula is C25H35N7O4S. The molecule has 0 N–H and O–H groups in total. The van der Waals surface area contributed by atoms with Crippen LogP contribution in [0, 0.1) is 0 Å². The summed E-state index contributed by atoms with van der Waals surface area (Å²) >= 11 is 0. The maximum Gasteiger partial charge on any atom is 0.244 e. The summed E-state index contributed by atoms with van der Waals surface area (Å²) in [4.78, 5) is 28.8. The lowest BCUT2D eigenvalue weighted by Crippen LogP contribution is -2.66. The number of nitrogens with zero attached hydrogens (tertiary/aromatic N) is 7. The Morgan fingerprint density at radius 2 is 1.81 bits per heavy atom. The van der Waals surface area contributed by atoms with Crippen LogP contribution in [0.15, 0.2) is 18.5 Å². The van der Waals surface area contributed by atoms with Crippen molar-refractivity contribution in [1.82, 2.24) is 25.1 Å². The first-order valence-electron chi connectivity index (χ1n) is 12.6. The number of ether oxygens (including phenoxy) is 1. The van der Waals surface area contributed by atoms with Crippen molar-refractivity contribution in [2.75, 3.05) is 42.3 Å². The van der Waals surface area contributed by atoms with E-state index in [-0.39, 0.29) is 29.2 Å². The first kappa shape index (κ1) is 25.8. The summed E-state index contributed by atoms with van der Waals surface area (Å²) in [6, 6.07) is 3.62. The number of piperazine rings is 1. The second-order valence-corrected chi connectivity index (χ2v) is 13.8. The van der Waals surface area contributed by atoms with E-state index in [1.807, 2.05) is 19.1 Å². The molecule has 2 aromatic heterocycles. The number of hydrogen-bond acceptors (Lipinski definition) is 10. The van der Waals surface area contributed by atoms with Crippen molar-refractivity contribution in [3.63, 3.8) is 0 Å². The van der Waals surface area contributed by atoms with Crippen LogP contribution in [-0.2, 0) is 31.4 Å². The molecule has 37 heavy (non-hydrogen) atoms. The Morgan fingerprint density at radius 1 is 1.08 bits per heavy atom. The summed E-state index contributed by atoms with van der Waals surface area (Å²) in [5.74, 6) is 2.15. The molecule has 11 nitrogen and oxygen atoms in total. The van der Waals surface area contributed by atoms with E-state index in [9.17, 15) is 13.2 Å². The number of carbonyl (C=O) groups is 1. The summed E-state index contributed by atoms with van der Waals surface area (Å²) in [6.45, 7) is 12.0. The molecule has 2 saturated heterocycles. The van der Waals surface area contributed by atoms with Gasteiger partial charge in [-0.15, -0.1) is 5.10 Å². The molecule has 0 radical (unpaired) electrons. The average molecular weight is 530 g/mol. The minimum absolute atomic E-state index is 0.0523. The van der Waals surface area contributed by atoms with Crippen LogP contribution in [-0.4, -0.2) is 88.7 Å². The smallest absolute Gasteiger partial charge is 0.244 e. The van der Waals surface area contributed by atoms with Crippen LogP contribution >= 0.6 is 0 Å². The Bertz CT molecular complexity index is 1320. The Hall–Kier alpha value is -2.86. The Labute approximate surface area is 218 Å². The van der Waals surface area contributed by atoms with Crippen LogP contribution in [0.3, 0.4) is 0 Å². The van der Waals surface area contributed by atoms with Gasteiger partial charge >= 0.3 is 0 Å². The topological polar surface area (TPSA) is 122 Å². The van der Waals surface area contributed by atoms with E-state index < -0.39 is 14.6 Å². The maximum atomic E-state index is 13.3. The molecule has 0 unspecified atom stereocenters. The number of carbonyl (C=O) groups excluding carboxylic acids is 1. The Balaban J connectivity index is 1.44. The molecule has 3 aliphatic heterocycles. The molecule has 12 heteroatoms. The van der Waals surface area contributed by atoms with E-state index in [0.29, 0.717) is 38.5 Å². The fourth-order valence-corrected chi connectivity index (χ4v) is 7.21. The second kappa shape index (κ2) is 8.87. The van der Waals surface area contributed by atoms with E-state index in [4.69, 9.17) is 9.72 Å². The highest BCUT2D eigenvalue weighted by Gasteiger charge is 2.57. The molecule has 0 aromatic carbocycles. The molecule has 200 valence electrons. The molecule has 5 rings (SSSR count). The summed E-state index contributed by atoms with van der Waals surface area (Å²) < 4.78 is 28.6. The molecule has 1 amide bonds. The van der Waals surface area contributed by atoms with Crippen molar-refractivity contribution in [3.05, 3.63) is 29.7 Å². The third-order valence-corrected chi connectivity index (χ3v) is 10.6. The van der Waals surface area contributed by atoms with Gasteiger partial charge in [-0.05, 0) is 39.3 Å². The maximum absolute atomic E-state index is 13.3. The molecule has 0 saturated carbocycles. The van der Waals surface area contributed by atoms with Gasteiger partial charge in [0.05, 0.1) is 18.1 Å². The summed E-state index contributed by atoms with van der Waals surface area (Å²) in [7, 11) is -1.76. The van der Waals surface area contributed by atoms with Crippen molar-refractivity contribution in [2.45, 2.75) is 69.9 Å². The summed E-state index contributed by atoms with van der Waals surface area (Å²) in [5, 5.41) is 8.70. The lowest BCUT2D eigenvalue weighted by atomic mass is 9.87. The molecule has 0 aliphatic carbocycles. The van der Waals surface area contributed by atoms with Gasteiger partial charge in [-0.25, -0.2) is 18.4 Å². The summed E-state index contributed by atoms with van der Waals surface area (Å²) in [5.41, 5.74) is 1.53. The van der Waals surface area contributed by atoms with Crippen LogP contribution < -0.4 is 9.80 Å². The minimum Gasteiger partial charge on any atom is -0.378 e. The zero-order valence-electron chi connectivity index (χ0n) is 22.3. The minimum atomic E-state index is -3.39. The number of methoxy groups -OCH3 is 1. The zero-order chi connectivity index (χ0) is 26.8. The van der Waals surface area contributed by atoms with E-state index in [2.05, 4.69) is 45.8 Å². The first-order valence-corrected chi connectivity index (χ1v) is 14.3. The van der Waals surface area contributed by atoms with Crippen LogP contribution in [0.1, 0.15) is 52.3 Å². The van der Waals surface area contributed by atoms with E-state index in [1.165, 1.54) is 0 Å². The van der Waals surface area contributed by atoms with Gasteiger partial charge in [0.1, 0.15) is 22.7 Å². The number of sulfone groups is 1. The second-order valence-electron chi connectivity index (χ2n) is 11.3.